The Hall–Kier alpha value is -3.89. The van der Waals surface area contributed by atoms with Crippen molar-refractivity contribution in [3.05, 3.63) is 71.7 Å². The number of aromatic nitrogens is 1. The van der Waals surface area contributed by atoms with Crippen molar-refractivity contribution < 1.29 is 22.8 Å². The molecular weight excluding hydrogens is 580 g/mol. The van der Waals surface area contributed by atoms with Crippen molar-refractivity contribution in [1.82, 2.24) is 15.2 Å². The highest BCUT2D eigenvalue weighted by atomic mass is 32.2. The van der Waals surface area contributed by atoms with Crippen LogP contribution in [0, 0.1) is 0 Å². The maximum Gasteiger partial charge on any atom is 0.263 e. The number of nitrogens with two attached hydrogens (primary N) is 3. The average molecular weight is 617 g/mol. The van der Waals surface area contributed by atoms with E-state index in [1.807, 2.05) is 30.3 Å². The van der Waals surface area contributed by atoms with E-state index in [1.54, 1.807) is 5.38 Å². The van der Waals surface area contributed by atoms with Gasteiger partial charge >= 0.3 is 0 Å². The average Bonchev–Trinajstić information content (AvgIpc) is 3.48. The maximum absolute atomic E-state index is 13.3. The van der Waals surface area contributed by atoms with Gasteiger partial charge in [-0.1, -0.05) is 30.3 Å². The highest BCUT2D eigenvalue weighted by Gasteiger charge is 2.27. The molecule has 0 saturated carbocycles. The van der Waals surface area contributed by atoms with Gasteiger partial charge in [-0.2, -0.15) is 0 Å². The van der Waals surface area contributed by atoms with E-state index < -0.39 is 33.9 Å². The van der Waals surface area contributed by atoms with Gasteiger partial charge in [-0.25, -0.2) is 13.4 Å². The van der Waals surface area contributed by atoms with Gasteiger partial charge in [0.2, 0.25) is 17.7 Å². The fraction of sp³-hybridized carbons (Fsp3) is 0.333. The summed E-state index contributed by atoms with van der Waals surface area (Å²) in [6, 6.07) is 12.8. The van der Waals surface area contributed by atoms with Crippen LogP contribution in [-0.4, -0.2) is 74.3 Å². The lowest BCUT2D eigenvalue weighted by Crippen LogP contribution is -2.52. The summed E-state index contributed by atoms with van der Waals surface area (Å²) in [6.07, 6.45) is 1.94. The summed E-state index contributed by atoms with van der Waals surface area (Å²) in [5, 5.41) is 7.26. The Morgan fingerprint density at radius 3 is 2.21 bits per heavy atom. The first kappa shape index (κ1) is 32.6. The molecule has 2 atom stereocenters. The SMILES string of the molecule is NCCN(CCN)C(=O)CC(N)C(=O)NC(CCc1ccccc1)C(=O)Nc1ccc(S(=O)(=O)Nc2nccs2)cc1. The van der Waals surface area contributed by atoms with E-state index in [4.69, 9.17) is 17.2 Å². The molecular formula is C27H36N8O5S2. The number of carbonyl (C=O) groups excluding carboxylic acids is 3. The molecule has 15 heteroatoms. The summed E-state index contributed by atoms with van der Waals surface area (Å²) >= 11 is 1.14. The predicted octanol–water partition coefficient (Wildman–Crippen LogP) is 0.463. The number of nitrogens with one attached hydrogen (secondary N) is 3. The Bertz CT molecular complexity index is 1400. The van der Waals surface area contributed by atoms with Crippen LogP contribution in [0.4, 0.5) is 10.8 Å². The molecule has 2 aromatic carbocycles. The lowest BCUT2D eigenvalue weighted by Gasteiger charge is -2.24. The molecule has 226 valence electrons. The zero-order chi connectivity index (χ0) is 30.5. The molecule has 2 unspecified atom stereocenters. The van der Waals surface area contributed by atoms with Crippen molar-refractivity contribution in [1.29, 1.82) is 0 Å². The highest BCUT2D eigenvalue weighted by molar-refractivity contribution is 7.93. The van der Waals surface area contributed by atoms with Crippen molar-refractivity contribution in [2.75, 3.05) is 36.2 Å². The molecule has 0 aliphatic rings. The standard InChI is InChI=1S/C27H36N8O5S2/c28-12-15-35(16-13-29)24(36)18-22(30)25(37)33-23(11-6-19-4-2-1-3-5-19)26(38)32-20-7-9-21(10-8-20)42(39,40)34-27-31-14-17-41-27/h1-5,7-10,14,17,22-23H,6,11-13,15-16,18,28-30H2,(H,31,34)(H,32,38)(H,33,37). The fourth-order valence-electron chi connectivity index (χ4n) is 3.98. The van der Waals surface area contributed by atoms with E-state index in [0.29, 0.717) is 12.1 Å². The third kappa shape index (κ3) is 9.88. The van der Waals surface area contributed by atoms with Gasteiger partial charge in [0.15, 0.2) is 5.13 Å². The molecule has 0 fully saturated rings. The second-order valence-electron chi connectivity index (χ2n) is 9.31. The number of thiazole rings is 1. The number of nitrogens with zero attached hydrogens (tertiary/aromatic N) is 2. The van der Waals surface area contributed by atoms with Crippen LogP contribution in [-0.2, 0) is 30.8 Å². The molecule has 0 spiro atoms. The van der Waals surface area contributed by atoms with Gasteiger partial charge in [-0.15, -0.1) is 11.3 Å². The lowest BCUT2D eigenvalue weighted by molar-refractivity contribution is -0.134. The Morgan fingerprint density at radius 2 is 1.62 bits per heavy atom. The predicted molar refractivity (Wildman–Crippen MR) is 162 cm³/mol. The largest absolute Gasteiger partial charge is 0.343 e. The summed E-state index contributed by atoms with van der Waals surface area (Å²) in [6.45, 7) is 1.05. The molecule has 3 rings (SSSR count). The molecule has 9 N–H and O–H groups in total. The van der Waals surface area contributed by atoms with Gasteiger partial charge in [0, 0.05) is 43.4 Å². The first-order valence-corrected chi connectivity index (χ1v) is 15.6. The van der Waals surface area contributed by atoms with Crippen molar-refractivity contribution in [2.45, 2.75) is 36.2 Å². The number of carbonyl (C=O) groups is 3. The second-order valence-corrected chi connectivity index (χ2v) is 11.9. The van der Waals surface area contributed by atoms with Crippen molar-refractivity contribution in [2.24, 2.45) is 17.2 Å². The van der Waals surface area contributed by atoms with E-state index in [1.165, 1.54) is 35.4 Å². The zero-order valence-corrected chi connectivity index (χ0v) is 24.6. The normalized spacial score (nSPS) is 12.6. The van der Waals surface area contributed by atoms with Gasteiger partial charge in [0.1, 0.15) is 6.04 Å². The van der Waals surface area contributed by atoms with Crippen LogP contribution in [0.3, 0.4) is 0 Å². The Balaban J connectivity index is 1.68. The number of hydrogen-bond donors (Lipinski definition) is 6. The molecule has 1 aromatic heterocycles. The maximum atomic E-state index is 13.3. The first-order chi connectivity index (χ1) is 20.1. The van der Waals surface area contributed by atoms with E-state index in [2.05, 4.69) is 20.3 Å². The molecule has 13 nitrogen and oxygen atoms in total. The summed E-state index contributed by atoms with van der Waals surface area (Å²) in [5.74, 6) is -1.55. The smallest absolute Gasteiger partial charge is 0.263 e. The van der Waals surface area contributed by atoms with Gasteiger partial charge in [0.05, 0.1) is 17.4 Å². The minimum Gasteiger partial charge on any atom is -0.343 e. The van der Waals surface area contributed by atoms with Crippen LogP contribution in [0.15, 0.2) is 71.1 Å². The molecule has 1 heterocycles. The van der Waals surface area contributed by atoms with Crippen LogP contribution < -0.4 is 32.6 Å². The lowest BCUT2D eigenvalue weighted by atomic mass is 10.0. The number of rotatable bonds is 16. The number of aryl methyl sites for hydroxylation is 1. The van der Waals surface area contributed by atoms with E-state index in [9.17, 15) is 22.8 Å². The van der Waals surface area contributed by atoms with Crippen LogP contribution in [0.5, 0.6) is 0 Å². The van der Waals surface area contributed by atoms with Gasteiger partial charge in [-0.05, 0) is 42.7 Å². The topological polar surface area (TPSA) is 216 Å². The molecule has 0 aliphatic heterocycles. The summed E-state index contributed by atoms with van der Waals surface area (Å²) in [4.78, 5) is 44.2. The molecule has 42 heavy (non-hydrogen) atoms. The van der Waals surface area contributed by atoms with E-state index in [-0.39, 0.29) is 55.0 Å². The van der Waals surface area contributed by atoms with Crippen molar-refractivity contribution >= 4 is 49.9 Å². The number of sulfonamides is 1. The van der Waals surface area contributed by atoms with Crippen LogP contribution in [0.2, 0.25) is 0 Å². The van der Waals surface area contributed by atoms with Crippen molar-refractivity contribution in [3.63, 3.8) is 0 Å². The highest BCUT2D eigenvalue weighted by Crippen LogP contribution is 2.20. The van der Waals surface area contributed by atoms with E-state index >= 15 is 0 Å². The summed E-state index contributed by atoms with van der Waals surface area (Å²) in [5.41, 5.74) is 18.5. The fourth-order valence-corrected chi connectivity index (χ4v) is 5.77. The Labute approximate surface area is 248 Å². The summed E-state index contributed by atoms with van der Waals surface area (Å²) in [7, 11) is -3.86. The zero-order valence-electron chi connectivity index (χ0n) is 22.9. The number of amides is 3. The minimum atomic E-state index is -3.86. The van der Waals surface area contributed by atoms with Crippen LogP contribution in [0.25, 0.3) is 0 Å². The molecule has 3 aromatic rings. The quantitative estimate of drug-likeness (QED) is 0.132. The van der Waals surface area contributed by atoms with Crippen molar-refractivity contribution in [3.8, 4) is 0 Å². The molecule has 3 amide bonds. The van der Waals surface area contributed by atoms with Crippen LogP contribution in [0.1, 0.15) is 18.4 Å². The molecule has 0 radical (unpaired) electrons. The van der Waals surface area contributed by atoms with Gasteiger partial charge in [-0.3, -0.25) is 19.1 Å². The molecule has 0 aliphatic carbocycles. The Morgan fingerprint density at radius 1 is 0.952 bits per heavy atom. The number of anilines is 2. The van der Waals surface area contributed by atoms with Gasteiger partial charge < -0.3 is 32.7 Å². The first-order valence-electron chi connectivity index (χ1n) is 13.2. The van der Waals surface area contributed by atoms with E-state index in [0.717, 1.165) is 16.9 Å². The minimum absolute atomic E-state index is 0.0152. The third-order valence-corrected chi connectivity index (χ3v) is 8.34. The van der Waals surface area contributed by atoms with Gasteiger partial charge in [0.25, 0.3) is 10.0 Å². The Kier molecular flexibility index (Phi) is 12.4. The number of hydrogen-bond acceptors (Lipinski definition) is 10. The monoisotopic (exact) mass is 616 g/mol. The third-order valence-electron chi connectivity index (χ3n) is 6.17. The second kappa shape index (κ2) is 15.9. The number of benzene rings is 2. The summed E-state index contributed by atoms with van der Waals surface area (Å²) < 4.78 is 27.6. The molecule has 0 saturated heterocycles. The van der Waals surface area contributed by atoms with Crippen LogP contribution >= 0.6 is 11.3 Å². The molecule has 0 bridgehead atoms.